The highest BCUT2D eigenvalue weighted by Gasteiger charge is 2.12. The standard InChI is InChI=1S/C8H5Br3F2O/c9-3-5-6(11)1-4(10)2-7(5)14-8(12)13/h1-2,8H,3H2. The van der Waals surface area contributed by atoms with Crippen LogP contribution in [-0.4, -0.2) is 6.61 Å². The molecule has 0 saturated carbocycles. The summed E-state index contributed by atoms with van der Waals surface area (Å²) in [6, 6.07) is 3.28. The Morgan fingerprint density at radius 2 is 1.93 bits per heavy atom. The van der Waals surface area contributed by atoms with Gasteiger partial charge in [0.2, 0.25) is 0 Å². The summed E-state index contributed by atoms with van der Waals surface area (Å²) in [5.41, 5.74) is 0.661. The van der Waals surface area contributed by atoms with Crippen LogP contribution in [0.4, 0.5) is 8.78 Å². The Bertz CT molecular complexity index is 331. The predicted molar refractivity (Wildman–Crippen MR) is 61.1 cm³/mol. The second-order valence-corrected chi connectivity index (χ2v) is 4.71. The van der Waals surface area contributed by atoms with E-state index in [1.165, 1.54) is 6.07 Å². The number of alkyl halides is 3. The van der Waals surface area contributed by atoms with E-state index in [9.17, 15) is 8.78 Å². The van der Waals surface area contributed by atoms with Gasteiger partial charge in [0.05, 0.1) is 0 Å². The SMILES string of the molecule is FC(F)Oc1cc(Br)cc(Br)c1CBr. The van der Waals surface area contributed by atoms with Crippen molar-refractivity contribution in [1.82, 2.24) is 0 Å². The molecule has 0 fully saturated rings. The molecular weight excluding hydrogens is 390 g/mol. The first-order valence-corrected chi connectivity index (χ1v) is 6.24. The maximum Gasteiger partial charge on any atom is 0.387 e. The van der Waals surface area contributed by atoms with Gasteiger partial charge in [-0.05, 0) is 12.1 Å². The molecular formula is C8H5Br3F2O. The van der Waals surface area contributed by atoms with Crippen LogP contribution in [0.1, 0.15) is 5.56 Å². The zero-order chi connectivity index (χ0) is 10.7. The first-order valence-electron chi connectivity index (χ1n) is 3.53. The first kappa shape index (κ1) is 12.4. The van der Waals surface area contributed by atoms with Crippen molar-refractivity contribution in [3.8, 4) is 5.75 Å². The number of hydrogen-bond acceptors (Lipinski definition) is 1. The highest BCUT2D eigenvalue weighted by Crippen LogP contribution is 2.33. The molecule has 0 atom stereocenters. The Kier molecular flexibility index (Phi) is 4.79. The Morgan fingerprint density at radius 3 is 2.43 bits per heavy atom. The molecule has 0 aliphatic rings. The van der Waals surface area contributed by atoms with Crippen LogP contribution in [0.15, 0.2) is 21.1 Å². The van der Waals surface area contributed by atoms with Crippen LogP contribution in [0.5, 0.6) is 5.75 Å². The Labute approximate surface area is 105 Å². The van der Waals surface area contributed by atoms with Gasteiger partial charge in [0.1, 0.15) is 5.75 Å². The fourth-order valence-corrected chi connectivity index (χ4v) is 3.19. The van der Waals surface area contributed by atoms with Gasteiger partial charge in [-0.25, -0.2) is 0 Å². The Morgan fingerprint density at radius 1 is 1.29 bits per heavy atom. The van der Waals surface area contributed by atoms with Crippen LogP contribution in [0.3, 0.4) is 0 Å². The number of benzene rings is 1. The maximum absolute atomic E-state index is 12.0. The molecule has 6 heteroatoms. The minimum absolute atomic E-state index is 0.165. The Balaban J connectivity index is 3.11. The van der Waals surface area contributed by atoms with Gasteiger partial charge in [-0.3, -0.25) is 0 Å². The minimum atomic E-state index is -2.81. The summed E-state index contributed by atoms with van der Waals surface area (Å²) < 4.78 is 29.8. The summed E-state index contributed by atoms with van der Waals surface area (Å²) in [6.07, 6.45) is 0. The fraction of sp³-hybridized carbons (Fsp3) is 0.250. The summed E-state index contributed by atoms with van der Waals surface area (Å²) in [5, 5.41) is 0.447. The van der Waals surface area contributed by atoms with E-state index in [-0.39, 0.29) is 5.75 Å². The Hall–Kier alpha value is 0.320. The molecule has 0 aromatic heterocycles. The zero-order valence-corrected chi connectivity index (χ0v) is 11.5. The molecule has 1 nitrogen and oxygen atoms in total. The van der Waals surface area contributed by atoms with Gasteiger partial charge >= 0.3 is 6.61 Å². The lowest BCUT2D eigenvalue weighted by atomic mass is 10.2. The molecule has 14 heavy (non-hydrogen) atoms. The van der Waals surface area contributed by atoms with Crippen LogP contribution < -0.4 is 4.74 Å². The van der Waals surface area contributed by atoms with Crippen molar-refractivity contribution in [2.75, 3.05) is 0 Å². The monoisotopic (exact) mass is 392 g/mol. The van der Waals surface area contributed by atoms with Crippen LogP contribution in [-0.2, 0) is 5.33 Å². The van der Waals surface area contributed by atoms with Gasteiger partial charge < -0.3 is 4.74 Å². The van der Waals surface area contributed by atoms with E-state index in [4.69, 9.17) is 0 Å². The van der Waals surface area contributed by atoms with E-state index >= 15 is 0 Å². The minimum Gasteiger partial charge on any atom is -0.434 e. The number of halogens is 5. The third-order valence-electron chi connectivity index (χ3n) is 1.47. The normalized spacial score (nSPS) is 10.7. The molecule has 78 valence electrons. The van der Waals surface area contributed by atoms with Gasteiger partial charge in [-0.1, -0.05) is 47.8 Å². The van der Waals surface area contributed by atoms with E-state index in [0.29, 0.717) is 15.4 Å². The lowest BCUT2D eigenvalue weighted by molar-refractivity contribution is -0.0503. The molecule has 0 radical (unpaired) electrons. The van der Waals surface area contributed by atoms with E-state index in [1.54, 1.807) is 6.07 Å². The lowest BCUT2D eigenvalue weighted by Crippen LogP contribution is -2.04. The second-order valence-electron chi connectivity index (χ2n) is 2.38. The average molecular weight is 395 g/mol. The van der Waals surface area contributed by atoms with E-state index in [2.05, 4.69) is 52.5 Å². The van der Waals surface area contributed by atoms with Gasteiger partial charge in [-0.15, -0.1) is 0 Å². The van der Waals surface area contributed by atoms with Crippen molar-refractivity contribution < 1.29 is 13.5 Å². The molecule has 1 aromatic carbocycles. The number of rotatable bonds is 3. The molecule has 0 aliphatic heterocycles. The van der Waals surface area contributed by atoms with Gasteiger partial charge in [0, 0.05) is 19.8 Å². The summed E-state index contributed by atoms with van der Waals surface area (Å²) in [5.74, 6) is 0.165. The average Bonchev–Trinajstić information content (AvgIpc) is 2.01. The van der Waals surface area contributed by atoms with Crippen LogP contribution in [0.25, 0.3) is 0 Å². The highest BCUT2D eigenvalue weighted by molar-refractivity contribution is 9.11. The highest BCUT2D eigenvalue weighted by atomic mass is 79.9. The first-order chi connectivity index (χ1) is 6.54. The van der Waals surface area contributed by atoms with Crippen molar-refractivity contribution in [2.24, 2.45) is 0 Å². The molecule has 0 saturated heterocycles. The zero-order valence-electron chi connectivity index (χ0n) is 6.74. The van der Waals surface area contributed by atoms with Gasteiger partial charge in [-0.2, -0.15) is 8.78 Å². The van der Waals surface area contributed by atoms with Crippen LogP contribution in [0.2, 0.25) is 0 Å². The molecule has 1 rings (SSSR count). The fourth-order valence-electron chi connectivity index (χ4n) is 0.911. The van der Waals surface area contributed by atoms with E-state index < -0.39 is 6.61 Å². The quantitative estimate of drug-likeness (QED) is 0.675. The largest absolute Gasteiger partial charge is 0.434 e. The van der Waals surface area contributed by atoms with Crippen molar-refractivity contribution >= 4 is 47.8 Å². The van der Waals surface area contributed by atoms with Crippen molar-refractivity contribution in [2.45, 2.75) is 11.9 Å². The van der Waals surface area contributed by atoms with Crippen molar-refractivity contribution in [3.63, 3.8) is 0 Å². The maximum atomic E-state index is 12.0. The third-order valence-corrected chi connectivity index (χ3v) is 3.20. The van der Waals surface area contributed by atoms with E-state index in [1.807, 2.05) is 0 Å². The molecule has 0 unspecified atom stereocenters. The third kappa shape index (κ3) is 3.17. The lowest BCUT2D eigenvalue weighted by Gasteiger charge is -2.11. The molecule has 0 amide bonds. The molecule has 0 bridgehead atoms. The molecule has 0 aliphatic carbocycles. The summed E-state index contributed by atoms with van der Waals surface area (Å²) in [7, 11) is 0. The second kappa shape index (κ2) is 5.42. The van der Waals surface area contributed by atoms with Gasteiger partial charge in [0.25, 0.3) is 0 Å². The molecule has 0 N–H and O–H groups in total. The molecule has 1 aromatic rings. The summed E-state index contributed by atoms with van der Waals surface area (Å²) >= 11 is 9.66. The summed E-state index contributed by atoms with van der Waals surface area (Å²) in [4.78, 5) is 0. The topological polar surface area (TPSA) is 9.23 Å². The van der Waals surface area contributed by atoms with Crippen molar-refractivity contribution in [1.29, 1.82) is 0 Å². The van der Waals surface area contributed by atoms with Crippen molar-refractivity contribution in [3.05, 3.63) is 26.6 Å². The predicted octanol–water partition coefficient (Wildman–Crippen LogP) is 4.71. The van der Waals surface area contributed by atoms with Crippen LogP contribution >= 0.6 is 47.8 Å². The number of ether oxygens (including phenoxy) is 1. The van der Waals surface area contributed by atoms with Gasteiger partial charge in [0.15, 0.2) is 0 Å². The molecule has 0 heterocycles. The van der Waals surface area contributed by atoms with Crippen LogP contribution in [0, 0.1) is 0 Å². The number of hydrogen-bond donors (Lipinski definition) is 0. The smallest absolute Gasteiger partial charge is 0.387 e. The van der Waals surface area contributed by atoms with E-state index in [0.717, 1.165) is 4.47 Å². The summed E-state index contributed by atoms with van der Waals surface area (Å²) in [6.45, 7) is -2.81. The molecule has 0 spiro atoms.